The second-order valence-corrected chi connectivity index (χ2v) is 16.1. The molecule has 0 saturated carbocycles. The van der Waals surface area contributed by atoms with Crippen LogP contribution in [0.2, 0.25) is 0 Å². The summed E-state index contributed by atoms with van der Waals surface area (Å²) in [5.41, 5.74) is -1.97. The topological polar surface area (TPSA) is 0 Å². The summed E-state index contributed by atoms with van der Waals surface area (Å²) in [4.78, 5) is 0. The summed E-state index contributed by atoms with van der Waals surface area (Å²) >= 11 is 3.76. The van der Waals surface area contributed by atoms with Crippen LogP contribution in [-0.4, -0.2) is 15.1 Å². The van der Waals surface area contributed by atoms with Gasteiger partial charge in [0.25, 0.3) is 0 Å². The molecule has 0 radical (unpaired) electrons. The van der Waals surface area contributed by atoms with Crippen LogP contribution >= 0.6 is 13.4 Å². The third-order valence-corrected chi connectivity index (χ3v) is 15.4. The van der Waals surface area contributed by atoms with Gasteiger partial charge < -0.3 is 0 Å². The summed E-state index contributed by atoms with van der Waals surface area (Å²) in [6.45, 7) is 0. The van der Waals surface area contributed by atoms with Gasteiger partial charge in [-0.3, -0.25) is 0 Å². The molecule has 0 nitrogen and oxygen atoms in total. The van der Waals surface area contributed by atoms with Crippen molar-refractivity contribution >= 4 is 60.4 Å². The predicted octanol–water partition coefficient (Wildman–Crippen LogP) is 4.82. The molecule has 5 aromatic carbocycles. The zero-order valence-electron chi connectivity index (χ0n) is 18.2. The second-order valence-electron chi connectivity index (χ2n) is 7.78. The van der Waals surface area contributed by atoms with Gasteiger partial charge in [-0.15, -0.1) is 0 Å². The monoisotopic (exact) mass is 526 g/mol. The van der Waals surface area contributed by atoms with Crippen molar-refractivity contribution in [3.8, 4) is 0 Å². The SMILES string of the molecule is [Se]=P(c1ccccc1)(c1ccccc1)c1ccccc1P(c1ccccc1)c1ccccc1. The van der Waals surface area contributed by atoms with Crippen molar-refractivity contribution in [3.63, 3.8) is 0 Å². The fourth-order valence-electron chi connectivity index (χ4n) is 4.20. The first-order chi connectivity index (χ1) is 16.3. The normalized spacial score (nSPS) is 11.4. The van der Waals surface area contributed by atoms with Crippen molar-refractivity contribution in [2.24, 2.45) is 0 Å². The molecule has 0 aliphatic rings. The molecule has 0 fully saturated rings. The first-order valence-electron chi connectivity index (χ1n) is 11.0. The number of benzene rings is 5. The fourth-order valence-corrected chi connectivity index (χ4v) is 13.0. The molecule has 0 saturated heterocycles. The molecular weight excluding hydrogens is 501 g/mol. The molecule has 0 N–H and O–H groups in total. The fraction of sp³-hybridized carbons (Fsp3) is 0. The Kier molecular flexibility index (Phi) is 6.87. The molecule has 5 rings (SSSR count). The predicted molar refractivity (Wildman–Crippen MR) is 150 cm³/mol. The maximum absolute atomic E-state index is 3.76. The minimum absolute atomic E-state index is 0.704. The van der Waals surface area contributed by atoms with E-state index in [1.54, 1.807) is 0 Å². The second kappa shape index (κ2) is 10.2. The number of rotatable bonds is 6. The van der Waals surface area contributed by atoms with Crippen LogP contribution in [0.4, 0.5) is 0 Å². The molecule has 0 unspecified atom stereocenters. The van der Waals surface area contributed by atoms with E-state index in [1.165, 1.54) is 31.8 Å². The van der Waals surface area contributed by atoms with E-state index < -0.39 is 13.4 Å². The van der Waals surface area contributed by atoms with Crippen molar-refractivity contribution in [3.05, 3.63) is 146 Å². The molecule has 0 aromatic heterocycles. The Hall–Kier alpha value is -2.52. The van der Waals surface area contributed by atoms with Crippen LogP contribution in [-0.2, 0) is 0 Å². The van der Waals surface area contributed by atoms with Crippen LogP contribution in [0.15, 0.2) is 146 Å². The number of hydrogen-bond acceptors (Lipinski definition) is 0. The van der Waals surface area contributed by atoms with Crippen molar-refractivity contribution in [2.45, 2.75) is 0 Å². The van der Waals surface area contributed by atoms with Crippen molar-refractivity contribution in [1.82, 2.24) is 0 Å². The van der Waals surface area contributed by atoms with Crippen molar-refractivity contribution < 1.29 is 0 Å². The molecular formula is C30H24P2Se. The Balaban J connectivity index is 1.81. The zero-order valence-corrected chi connectivity index (χ0v) is 21.7. The molecule has 5 aromatic rings. The molecule has 160 valence electrons. The Morgan fingerprint density at radius 2 is 0.788 bits per heavy atom. The van der Waals surface area contributed by atoms with Crippen LogP contribution in [0.3, 0.4) is 0 Å². The molecule has 0 heterocycles. The summed E-state index contributed by atoms with van der Waals surface area (Å²) in [5, 5.41) is 8.31. The van der Waals surface area contributed by atoms with Gasteiger partial charge in [0.05, 0.1) is 0 Å². The van der Waals surface area contributed by atoms with E-state index in [0.29, 0.717) is 0 Å². The molecule has 0 amide bonds. The summed E-state index contributed by atoms with van der Waals surface area (Å²) in [6.07, 6.45) is 0. The summed E-state index contributed by atoms with van der Waals surface area (Å²) in [5.74, 6) is 0. The van der Waals surface area contributed by atoms with E-state index in [9.17, 15) is 0 Å². The average molecular weight is 525 g/mol. The summed E-state index contributed by atoms with van der Waals surface area (Å²) in [7, 11) is -0.704. The van der Waals surface area contributed by atoms with Crippen LogP contribution in [0.25, 0.3) is 0 Å². The third-order valence-electron chi connectivity index (χ3n) is 5.73. The van der Waals surface area contributed by atoms with Crippen molar-refractivity contribution in [2.75, 3.05) is 0 Å². The van der Waals surface area contributed by atoms with Gasteiger partial charge in [0.15, 0.2) is 0 Å². The molecule has 0 atom stereocenters. The van der Waals surface area contributed by atoms with E-state index in [4.69, 9.17) is 0 Å². The van der Waals surface area contributed by atoms with Crippen LogP contribution < -0.4 is 31.8 Å². The van der Waals surface area contributed by atoms with Crippen LogP contribution in [0.1, 0.15) is 0 Å². The number of hydrogen-bond donors (Lipinski definition) is 0. The van der Waals surface area contributed by atoms with Gasteiger partial charge in [-0.1, -0.05) is 0 Å². The van der Waals surface area contributed by atoms with Crippen molar-refractivity contribution in [1.29, 1.82) is 0 Å². The Morgan fingerprint density at radius 3 is 1.24 bits per heavy atom. The average Bonchev–Trinajstić information content (AvgIpc) is 2.91. The van der Waals surface area contributed by atoms with E-state index in [1.807, 2.05) is 0 Å². The Morgan fingerprint density at radius 1 is 0.424 bits per heavy atom. The van der Waals surface area contributed by atoms with Crippen LogP contribution in [0.5, 0.6) is 0 Å². The zero-order chi connectivity index (χ0) is 22.5. The van der Waals surface area contributed by atoms with E-state index in [0.717, 1.165) is 0 Å². The van der Waals surface area contributed by atoms with Gasteiger partial charge in [-0.2, -0.15) is 0 Å². The van der Waals surface area contributed by atoms with E-state index >= 15 is 0 Å². The van der Waals surface area contributed by atoms with Gasteiger partial charge in [-0.05, 0) is 0 Å². The first kappa shape index (κ1) is 22.3. The maximum atomic E-state index is 3.76. The molecule has 3 heteroatoms. The minimum atomic E-state index is -1.97. The third kappa shape index (κ3) is 4.48. The Bertz CT molecular complexity index is 1290. The van der Waals surface area contributed by atoms with Gasteiger partial charge in [0.1, 0.15) is 0 Å². The van der Waals surface area contributed by atoms with E-state index in [2.05, 4.69) is 161 Å². The van der Waals surface area contributed by atoms with Crippen LogP contribution in [0, 0.1) is 0 Å². The molecule has 0 spiro atoms. The molecule has 0 aliphatic heterocycles. The first-order valence-corrected chi connectivity index (χ1v) is 16.3. The standard InChI is InChI=1S/C30H24P2Se/c33-32(27-19-9-3-10-20-27,28-21-11-4-12-22-28)30-24-14-13-23-29(30)31(25-15-5-1-6-16-25)26-17-7-2-8-18-26/h1-24H. The van der Waals surface area contributed by atoms with E-state index in [-0.39, 0.29) is 0 Å². The van der Waals surface area contributed by atoms with Gasteiger partial charge >= 0.3 is 206 Å². The molecule has 0 bridgehead atoms. The molecule has 33 heavy (non-hydrogen) atoms. The summed E-state index contributed by atoms with van der Waals surface area (Å²) in [6, 6.07) is 53.0. The summed E-state index contributed by atoms with van der Waals surface area (Å²) < 4.78 is 0. The Labute approximate surface area is 205 Å². The van der Waals surface area contributed by atoms with Gasteiger partial charge in [0.2, 0.25) is 0 Å². The quantitative estimate of drug-likeness (QED) is 0.220. The van der Waals surface area contributed by atoms with Gasteiger partial charge in [-0.25, -0.2) is 0 Å². The van der Waals surface area contributed by atoms with Gasteiger partial charge in [0, 0.05) is 0 Å². The molecule has 0 aliphatic carbocycles.